The molecular formula is C70H96N4O6S2. The number of fused-ring (bicyclic) bond motifs is 2. The highest BCUT2D eigenvalue weighted by Crippen LogP contribution is 2.79. The molecule has 7 spiro atoms. The monoisotopic (exact) mass is 1150 g/mol. The van der Waals surface area contributed by atoms with E-state index in [1.807, 2.05) is 4.90 Å². The number of nitrogens with one attached hydrogen (secondary N) is 1. The van der Waals surface area contributed by atoms with Crippen LogP contribution in [0.3, 0.4) is 0 Å². The van der Waals surface area contributed by atoms with E-state index in [1.165, 1.54) is 133 Å². The second-order valence-electron chi connectivity index (χ2n) is 30.3. The molecule has 82 heavy (non-hydrogen) atoms. The Hall–Kier alpha value is -3.35. The van der Waals surface area contributed by atoms with Crippen LogP contribution in [0.5, 0.6) is 11.5 Å². The first-order valence-electron chi connectivity index (χ1n) is 33.6. The van der Waals surface area contributed by atoms with Crippen LogP contribution in [0.15, 0.2) is 53.5 Å². The van der Waals surface area contributed by atoms with Crippen molar-refractivity contribution < 1.29 is 29.3 Å². The van der Waals surface area contributed by atoms with E-state index in [4.69, 9.17) is 20.2 Å². The summed E-state index contributed by atoms with van der Waals surface area (Å²) in [6.07, 6.45) is 40.1. The molecule has 16 aliphatic rings. The van der Waals surface area contributed by atoms with Gasteiger partial charge in [-0.25, -0.2) is 0 Å². The van der Waals surface area contributed by atoms with Crippen molar-refractivity contribution in [1.82, 2.24) is 10.2 Å². The molecule has 2 aromatic rings. The minimum Gasteiger partial charge on any atom is -0.504 e. The number of aryl methyl sites for hydroxylation is 1. The van der Waals surface area contributed by atoms with Gasteiger partial charge in [-0.15, -0.1) is 0 Å². The number of carbonyl (C=O) groups excluding carboxylic acids is 2. The number of nitrogens with zero attached hydrogens (tertiary/aromatic N) is 2. The van der Waals surface area contributed by atoms with Crippen LogP contribution in [0, 0.1) is 56.7 Å². The third-order valence-corrected chi connectivity index (χ3v) is 30.6. The first-order valence-corrected chi connectivity index (χ1v) is 35.9. The molecule has 0 radical (unpaired) electrons. The molecule has 6 aliphatic heterocycles. The molecule has 12 heteroatoms. The fourth-order valence-corrected chi connectivity index (χ4v) is 27.8. The number of esters is 1. The number of aromatic hydroxyl groups is 1. The predicted octanol–water partition coefficient (Wildman–Crippen LogP) is 14.7. The number of hydrogen-bond donors (Lipinski definition) is 4. The Balaban J connectivity index is 0.830. The third-order valence-electron chi connectivity index (χ3n) is 27.3. The second-order valence-corrected chi connectivity index (χ2v) is 33.0. The number of hydrogen-bond acceptors (Lipinski definition) is 11. The molecule has 6 heterocycles. The van der Waals surface area contributed by atoms with Crippen LogP contribution in [0.25, 0.3) is 0 Å². The molecule has 10 nitrogen and oxygen atoms in total. The maximum Gasteiger partial charge on any atom is 0.303 e. The number of nitrogens with two attached hydrogens (primary N) is 1. The molecule has 1 amide bonds. The molecule has 444 valence electrons. The van der Waals surface area contributed by atoms with Crippen LogP contribution >= 0.6 is 21.6 Å². The van der Waals surface area contributed by atoms with Gasteiger partial charge in [0.15, 0.2) is 17.5 Å². The van der Waals surface area contributed by atoms with E-state index in [1.54, 1.807) is 6.92 Å². The number of guanidine groups is 1. The van der Waals surface area contributed by atoms with Gasteiger partial charge in [0.05, 0.1) is 6.10 Å². The maximum absolute atomic E-state index is 15.0. The Labute approximate surface area is 497 Å². The van der Waals surface area contributed by atoms with Crippen LogP contribution in [-0.4, -0.2) is 74.0 Å². The maximum atomic E-state index is 15.0. The van der Waals surface area contributed by atoms with E-state index in [9.17, 15) is 15.0 Å². The number of aliphatic hydroxyl groups excluding tert-OH is 1. The minimum atomic E-state index is -0.808. The fraction of sp³-hybridized carbons (Fsp3) is 0.757. The van der Waals surface area contributed by atoms with Crippen molar-refractivity contribution in [3.05, 3.63) is 70.8 Å². The predicted molar refractivity (Wildman–Crippen MR) is 327 cm³/mol. The zero-order valence-electron chi connectivity index (χ0n) is 49.5. The molecule has 0 aromatic heterocycles. The van der Waals surface area contributed by atoms with Crippen molar-refractivity contribution in [2.24, 2.45) is 67.4 Å². The average Bonchev–Trinajstić information content (AvgIpc) is 1.71. The van der Waals surface area contributed by atoms with E-state index in [-0.39, 0.29) is 69.0 Å². The first-order chi connectivity index (χ1) is 39.8. The lowest BCUT2D eigenvalue weighted by molar-refractivity contribution is -0.173. The van der Waals surface area contributed by atoms with E-state index in [2.05, 4.69) is 75.5 Å². The van der Waals surface area contributed by atoms with Gasteiger partial charge in [-0.2, -0.15) is 0 Å². The number of aliphatic imine (C=N–C) groups is 1. The van der Waals surface area contributed by atoms with Gasteiger partial charge in [0, 0.05) is 78.9 Å². The molecule has 1 saturated heterocycles. The fourth-order valence-electron chi connectivity index (χ4n) is 23.8. The normalized spacial score (nSPS) is 41.6. The van der Waals surface area contributed by atoms with Gasteiger partial charge in [-0.05, 0) is 223 Å². The van der Waals surface area contributed by atoms with Crippen molar-refractivity contribution in [1.29, 1.82) is 0 Å². The van der Waals surface area contributed by atoms with E-state index in [0.29, 0.717) is 79.1 Å². The highest BCUT2D eigenvalue weighted by atomic mass is 33.1. The van der Waals surface area contributed by atoms with Gasteiger partial charge < -0.3 is 35.6 Å². The SMILES string of the molecule is CC(=O)OC12CCc3cc(c(O)c4c3C3C=CC5(CCCC5C3)O4)CN3CC4(CC3=O)C(CCC4c3ccccc3)CN=C(N)NC3(CCCC34CCCC4)SSCC3CCC(CC34CCC3(CCCC3)C43CCCC3)C(CC1)C(O)C2. The molecule has 18 rings (SSSR count). The number of phenolic OH excluding ortho intramolecular Hbond substituents is 1. The number of aliphatic hydroxyl groups is 1. The lowest BCUT2D eigenvalue weighted by Crippen LogP contribution is -2.56. The summed E-state index contributed by atoms with van der Waals surface area (Å²) in [4.78, 5) is 35.8. The molecule has 13 atom stereocenters. The Morgan fingerprint density at radius 3 is 2.37 bits per heavy atom. The summed E-state index contributed by atoms with van der Waals surface area (Å²) in [5.41, 5.74) is 11.3. The Bertz CT molecular complexity index is 2850. The number of amides is 1. The van der Waals surface area contributed by atoms with Gasteiger partial charge in [0.2, 0.25) is 5.91 Å². The molecule has 10 bridgehead atoms. The highest BCUT2D eigenvalue weighted by Gasteiger charge is 2.71. The van der Waals surface area contributed by atoms with Crippen LogP contribution in [-0.2, 0) is 27.3 Å². The molecule has 10 fully saturated rings. The van der Waals surface area contributed by atoms with Crippen LogP contribution < -0.4 is 15.8 Å². The van der Waals surface area contributed by atoms with Crippen LogP contribution in [0.1, 0.15) is 240 Å². The topological polar surface area (TPSA) is 147 Å². The Kier molecular flexibility index (Phi) is 13.9. The van der Waals surface area contributed by atoms with Gasteiger partial charge in [0.1, 0.15) is 16.1 Å². The van der Waals surface area contributed by atoms with Gasteiger partial charge in [-0.1, -0.05) is 96.5 Å². The highest BCUT2D eigenvalue weighted by molar-refractivity contribution is 8.77. The van der Waals surface area contributed by atoms with Crippen molar-refractivity contribution in [2.45, 2.75) is 253 Å². The summed E-state index contributed by atoms with van der Waals surface area (Å²) in [5.74, 6) is 4.46. The third kappa shape index (κ3) is 8.46. The van der Waals surface area contributed by atoms with Gasteiger partial charge in [0.25, 0.3) is 0 Å². The van der Waals surface area contributed by atoms with Crippen molar-refractivity contribution in [3.8, 4) is 11.5 Å². The summed E-state index contributed by atoms with van der Waals surface area (Å²) in [6, 6.07) is 13.1. The number of rotatable bonds is 2. The van der Waals surface area contributed by atoms with E-state index >= 15 is 4.79 Å². The van der Waals surface area contributed by atoms with Crippen molar-refractivity contribution in [3.63, 3.8) is 0 Å². The first kappa shape index (κ1) is 55.2. The van der Waals surface area contributed by atoms with Crippen LogP contribution in [0.4, 0.5) is 0 Å². The van der Waals surface area contributed by atoms with Gasteiger partial charge in [-0.3, -0.25) is 14.6 Å². The quantitative estimate of drug-likeness (QED) is 0.130. The minimum absolute atomic E-state index is 0.0915. The number of benzene rings is 2. The lowest BCUT2D eigenvalue weighted by Gasteiger charge is -2.60. The lowest BCUT2D eigenvalue weighted by atomic mass is 9.45. The largest absolute Gasteiger partial charge is 0.504 e. The zero-order valence-corrected chi connectivity index (χ0v) is 51.1. The zero-order chi connectivity index (χ0) is 55.7. The van der Waals surface area contributed by atoms with Crippen LogP contribution in [0.2, 0.25) is 0 Å². The summed E-state index contributed by atoms with van der Waals surface area (Å²) in [6.45, 7) is 3.01. The van der Waals surface area contributed by atoms with E-state index in [0.717, 1.165) is 74.5 Å². The van der Waals surface area contributed by atoms with Crippen molar-refractivity contribution >= 4 is 39.4 Å². The van der Waals surface area contributed by atoms with Crippen molar-refractivity contribution in [2.75, 3.05) is 18.8 Å². The summed E-state index contributed by atoms with van der Waals surface area (Å²) < 4.78 is 13.9. The van der Waals surface area contributed by atoms with Gasteiger partial charge >= 0.3 is 5.97 Å². The molecule has 10 aliphatic carbocycles. The number of carbonyl (C=O) groups is 2. The molecule has 9 saturated carbocycles. The number of allylic oxidation sites excluding steroid dienone is 1. The summed E-state index contributed by atoms with van der Waals surface area (Å²) in [5, 5.41) is 29.9. The Morgan fingerprint density at radius 2 is 1.57 bits per heavy atom. The Morgan fingerprint density at radius 1 is 0.805 bits per heavy atom. The second kappa shape index (κ2) is 20.6. The smallest absolute Gasteiger partial charge is 0.303 e. The summed E-state index contributed by atoms with van der Waals surface area (Å²) >= 11 is 0. The standard InChI is InChI=1S/C70H96N4O6S2/c1-46(75)79-65-32-20-48-37-51(60(78)61-59(48)49-21-34-68(80-61)28-11-15-52(68)38-49)43-74-45-66(41-58(74)77)53(18-19-56(66)47-13-3-2-4-14-47)42-72-62(71)73-70(31-12-27-64(70)25-7-8-26-64)82-81-44-54-17-16-50(55(22-33-65)57(76)40-65)39-67(54)36-35-63(23-5-6-24-63)69(67)29-9-10-30-69/h2-4,13-14,21,34,37,49-50,52-57,76,78H,5-12,15-20,22-33,35-36,38-45H2,1H3,(H3,71,72,73). The molecule has 13 unspecified atom stereocenters. The number of ether oxygens (including phenoxy) is 2. The number of phenols is 1. The molecule has 5 N–H and O–H groups in total. The van der Waals surface area contributed by atoms with E-state index < -0.39 is 17.3 Å². The summed E-state index contributed by atoms with van der Waals surface area (Å²) in [7, 11) is 4.35. The molecular weight excluding hydrogens is 1060 g/mol. The average molecular weight is 1150 g/mol. The molecule has 2 aromatic carbocycles.